The zero-order valence-electron chi connectivity index (χ0n) is 13.7. The SMILES string of the molecule is COc1ccc(Cc2c(Cl)cc(O)cc2Cl)cc1-c1ccc(F)c(F)c1. The van der Waals surface area contributed by atoms with Crippen LogP contribution in [0.1, 0.15) is 11.1 Å². The molecule has 0 saturated heterocycles. The van der Waals surface area contributed by atoms with Crippen LogP contribution in [0.4, 0.5) is 8.78 Å². The van der Waals surface area contributed by atoms with Gasteiger partial charge in [0.05, 0.1) is 7.11 Å². The Labute approximate surface area is 159 Å². The van der Waals surface area contributed by atoms with Crippen molar-refractivity contribution in [2.75, 3.05) is 7.11 Å². The molecule has 0 heterocycles. The normalized spacial score (nSPS) is 10.8. The fraction of sp³-hybridized carbons (Fsp3) is 0.100. The Morgan fingerprint density at radius 2 is 1.62 bits per heavy atom. The van der Waals surface area contributed by atoms with Crippen molar-refractivity contribution in [2.45, 2.75) is 6.42 Å². The van der Waals surface area contributed by atoms with Crippen molar-refractivity contribution in [3.63, 3.8) is 0 Å². The molecule has 0 spiro atoms. The Morgan fingerprint density at radius 3 is 2.23 bits per heavy atom. The molecule has 0 aliphatic carbocycles. The largest absolute Gasteiger partial charge is 0.508 e. The van der Waals surface area contributed by atoms with Gasteiger partial charge in [0.25, 0.3) is 0 Å². The number of methoxy groups -OCH3 is 1. The van der Waals surface area contributed by atoms with E-state index in [0.29, 0.717) is 38.9 Å². The van der Waals surface area contributed by atoms with Crippen LogP contribution in [0.5, 0.6) is 11.5 Å². The minimum Gasteiger partial charge on any atom is -0.508 e. The van der Waals surface area contributed by atoms with Gasteiger partial charge in [-0.3, -0.25) is 0 Å². The van der Waals surface area contributed by atoms with Crippen LogP contribution in [0.2, 0.25) is 10.0 Å². The van der Waals surface area contributed by atoms with Crippen molar-refractivity contribution in [1.82, 2.24) is 0 Å². The Kier molecular flexibility index (Phi) is 5.35. The van der Waals surface area contributed by atoms with E-state index in [-0.39, 0.29) is 5.75 Å². The number of rotatable bonds is 4. The van der Waals surface area contributed by atoms with Gasteiger partial charge < -0.3 is 9.84 Å². The summed E-state index contributed by atoms with van der Waals surface area (Å²) in [4.78, 5) is 0. The third kappa shape index (κ3) is 3.76. The molecule has 0 amide bonds. The highest BCUT2D eigenvalue weighted by Crippen LogP contribution is 2.35. The predicted molar refractivity (Wildman–Crippen MR) is 99.3 cm³/mol. The minimum absolute atomic E-state index is 0.0130. The lowest BCUT2D eigenvalue weighted by atomic mass is 9.98. The third-order valence-corrected chi connectivity index (χ3v) is 4.68. The van der Waals surface area contributed by atoms with Gasteiger partial charge in [-0.15, -0.1) is 0 Å². The van der Waals surface area contributed by atoms with E-state index in [1.54, 1.807) is 6.07 Å². The average molecular weight is 395 g/mol. The molecular weight excluding hydrogens is 381 g/mol. The summed E-state index contributed by atoms with van der Waals surface area (Å²) >= 11 is 12.4. The van der Waals surface area contributed by atoms with Gasteiger partial charge in [0, 0.05) is 22.0 Å². The summed E-state index contributed by atoms with van der Waals surface area (Å²) in [6.45, 7) is 0. The number of ether oxygens (including phenoxy) is 1. The first-order valence-electron chi connectivity index (χ1n) is 7.68. The summed E-state index contributed by atoms with van der Waals surface area (Å²) in [7, 11) is 1.51. The molecule has 0 fully saturated rings. The van der Waals surface area contributed by atoms with Crippen molar-refractivity contribution in [3.8, 4) is 22.6 Å². The molecule has 2 nitrogen and oxygen atoms in total. The van der Waals surface area contributed by atoms with Crippen molar-refractivity contribution in [3.05, 3.63) is 81.3 Å². The minimum atomic E-state index is -0.931. The van der Waals surface area contributed by atoms with Crippen molar-refractivity contribution < 1.29 is 18.6 Å². The Hall–Kier alpha value is -2.30. The van der Waals surface area contributed by atoms with E-state index >= 15 is 0 Å². The van der Waals surface area contributed by atoms with Crippen molar-refractivity contribution >= 4 is 23.2 Å². The second-order valence-electron chi connectivity index (χ2n) is 5.73. The molecule has 3 rings (SSSR count). The number of hydrogen-bond donors (Lipinski definition) is 1. The van der Waals surface area contributed by atoms with Crippen LogP contribution in [0.15, 0.2) is 48.5 Å². The van der Waals surface area contributed by atoms with Crippen LogP contribution in [0.3, 0.4) is 0 Å². The molecule has 6 heteroatoms. The zero-order chi connectivity index (χ0) is 18.8. The van der Waals surface area contributed by atoms with Crippen LogP contribution in [0.25, 0.3) is 11.1 Å². The summed E-state index contributed by atoms with van der Waals surface area (Å²) in [6.07, 6.45) is 0.401. The molecule has 0 aliphatic heterocycles. The Bertz CT molecular complexity index is 951. The molecule has 0 radical (unpaired) electrons. The molecule has 0 saturated carbocycles. The van der Waals surface area contributed by atoms with Gasteiger partial charge in [0.15, 0.2) is 11.6 Å². The third-order valence-electron chi connectivity index (χ3n) is 4.00. The van der Waals surface area contributed by atoms with Crippen LogP contribution in [-0.2, 0) is 6.42 Å². The van der Waals surface area contributed by atoms with E-state index in [1.807, 2.05) is 12.1 Å². The highest BCUT2D eigenvalue weighted by Gasteiger charge is 2.13. The standard InChI is InChI=1S/C20H14Cl2F2O2/c1-26-20-5-2-11(7-15-16(21)9-13(25)10-17(15)22)6-14(20)12-3-4-18(23)19(24)8-12/h2-6,8-10,25H,7H2,1H3. The molecule has 3 aromatic carbocycles. The van der Waals surface area contributed by atoms with E-state index in [2.05, 4.69) is 0 Å². The van der Waals surface area contributed by atoms with E-state index in [0.717, 1.165) is 17.7 Å². The Balaban J connectivity index is 2.04. The lowest BCUT2D eigenvalue weighted by molar-refractivity contribution is 0.416. The van der Waals surface area contributed by atoms with Crippen molar-refractivity contribution in [2.24, 2.45) is 0 Å². The fourth-order valence-electron chi connectivity index (χ4n) is 2.72. The van der Waals surface area contributed by atoms with Crippen LogP contribution >= 0.6 is 23.2 Å². The highest BCUT2D eigenvalue weighted by atomic mass is 35.5. The summed E-state index contributed by atoms with van der Waals surface area (Å²) in [5, 5.41) is 10.2. The second-order valence-corrected chi connectivity index (χ2v) is 6.54. The first-order chi connectivity index (χ1) is 12.4. The molecule has 26 heavy (non-hydrogen) atoms. The molecule has 0 atom stereocenters. The van der Waals surface area contributed by atoms with Crippen LogP contribution in [-0.4, -0.2) is 12.2 Å². The maximum absolute atomic E-state index is 13.6. The second kappa shape index (κ2) is 7.52. The van der Waals surface area contributed by atoms with E-state index in [4.69, 9.17) is 27.9 Å². The number of phenols is 1. The van der Waals surface area contributed by atoms with Gasteiger partial charge in [-0.25, -0.2) is 8.78 Å². The molecule has 0 unspecified atom stereocenters. The zero-order valence-corrected chi connectivity index (χ0v) is 15.2. The smallest absolute Gasteiger partial charge is 0.159 e. The van der Waals surface area contributed by atoms with E-state index in [9.17, 15) is 13.9 Å². The maximum atomic E-state index is 13.6. The number of benzene rings is 3. The highest BCUT2D eigenvalue weighted by molar-refractivity contribution is 6.36. The summed E-state index contributed by atoms with van der Waals surface area (Å²) in [6, 6.07) is 11.9. The van der Waals surface area contributed by atoms with Crippen molar-refractivity contribution in [1.29, 1.82) is 0 Å². The maximum Gasteiger partial charge on any atom is 0.159 e. The van der Waals surface area contributed by atoms with Gasteiger partial charge in [-0.2, -0.15) is 0 Å². The first kappa shape index (κ1) is 18.5. The number of halogens is 4. The van der Waals surface area contributed by atoms with Gasteiger partial charge >= 0.3 is 0 Å². The molecular formula is C20H14Cl2F2O2. The molecule has 3 aromatic rings. The summed E-state index contributed by atoms with van der Waals surface area (Å²) < 4.78 is 32.2. The predicted octanol–water partition coefficient (Wildman–Crippen LogP) is 6.24. The summed E-state index contributed by atoms with van der Waals surface area (Å²) in [5.74, 6) is -1.32. The van der Waals surface area contributed by atoms with Gasteiger partial charge in [-0.1, -0.05) is 35.3 Å². The molecule has 134 valence electrons. The molecule has 0 aromatic heterocycles. The monoisotopic (exact) mass is 394 g/mol. The molecule has 0 bridgehead atoms. The average Bonchev–Trinajstić information content (AvgIpc) is 2.60. The number of aromatic hydroxyl groups is 1. The first-order valence-corrected chi connectivity index (χ1v) is 8.44. The summed E-state index contributed by atoms with van der Waals surface area (Å²) in [5.41, 5.74) is 2.62. The lowest BCUT2D eigenvalue weighted by Crippen LogP contribution is -1.95. The fourth-order valence-corrected chi connectivity index (χ4v) is 3.33. The van der Waals surface area contributed by atoms with Crippen LogP contribution < -0.4 is 4.74 Å². The van der Waals surface area contributed by atoms with E-state index < -0.39 is 11.6 Å². The topological polar surface area (TPSA) is 29.5 Å². The van der Waals surface area contributed by atoms with Gasteiger partial charge in [0.2, 0.25) is 0 Å². The quantitative estimate of drug-likeness (QED) is 0.566. The lowest BCUT2D eigenvalue weighted by Gasteiger charge is -2.13. The molecule has 0 aliphatic rings. The van der Waals surface area contributed by atoms with Gasteiger partial charge in [0.1, 0.15) is 11.5 Å². The number of hydrogen-bond acceptors (Lipinski definition) is 2. The van der Waals surface area contributed by atoms with Crippen LogP contribution in [0, 0.1) is 11.6 Å². The van der Waals surface area contributed by atoms with E-state index in [1.165, 1.54) is 25.3 Å². The molecule has 1 N–H and O–H groups in total. The van der Waals surface area contributed by atoms with Gasteiger partial charge in [-0.05, 0) is 53.1 Å². The Morgan fingerprint density at radius 1 is 0.923 bits per heavy atom. The number of phenolic OH excluding ortho intramolecular Hbond substituents is 1.